The highest BCUT2D eigenvalue weighted by Gasteiger charge is 2.38. The Labute approximate surface area is 131 Å². The molecular weight excluding hydrogens is 272 g/mol. The van der Waals surface area contributed by atoms with Gasteiger partial charge in [0.25, 0.3) is 0 Å². The van der Waals surface area contributed by atoms with Crippen LogP contribution in [0.2, 0.25) is 0 Å². The summed E-state index contributed by atoms with van der Waals surface area (Å²) in [6.07, 6.45) is 4.38. The van der Waals surface area contributed by atoms with Crippen molar-refractivity contribution in [3.05, 3.63) is 47.7 Å². The number of benzene rings is 1. The first kappa shape index (κ1) is 13.6. The third kappa shape index (κ3) is 2.23. The van der Waals surface area contributed by atoms with E-state index in [2.05, 4.69) is 53.3 Å². The molecule has 4 heteroatoms. The lowest BCUT2D eigenvalue weighted by Crippen LogP contribution is -2.43. The Morgan fingerprint density at radius 2 is 1.95 bits per heavy atom. The molecule has 1 aromatic carbocycles. The van der Waals surface area contributed by atoms with Crippen LogP contribution in [0.1, 0.15) is 49.8 Å². The predicted molar refractivity (Wildman–Crippen MR) is 89.3 cm³/mol. The van der Waals surface area contributed by atoms with Gasteiger partial charge in [0.05, 0.1) is 6.04 Å². The van der Waals surface area contributed by atoms with Gasteiger partial charge < -0.3 is 10.2 Å². The summed E-state index contributed by atoms with van der Waals surface area (Å²) in [6, 6.07) is 11.7. The fourth-order valence-corrected chi connectivity index (χ4v) is 3.82. The Morgan fingerprint density at radius 1 is 1.14 bits per heavy atom. The van der Waals surface area contributed by atoms with Crippen LogP contribution in [-0.4, -0.2) is 22.6 Å². The molecule has 4 nitrogen and oxygen atoms in total. The first-order valence-corrected chi connectivity index (χ1v) is 8.17. The number of piperidine rings is 1. The Hall–Kier alpha value is -2.10. The maximum atomic E-state index is 4.73. The lowest BCUT2D eigenvalue weighted by Gasteiger charge is -2.47. The van der Waals surface area contributed by atoms with Gasteiger partial charge >= 0.3 is 0 Å². The number of rotatable bonds is 3. The number of hydrogen-bond acceptors (Lipinski definition) is 4. The molecule has 114 valence electrons. The van der Waals surface area contributed by atoms with Gasteiger partial charge in [-0.2, -0.15) is 4.98 Å². The Kier molecular flexibility index (Phi) is 3.25. The van der Waals surface area contributed by atoms with E-state index in [1.165, 1.54) is 18.4 Å². The number of nitrogens with zero attached hydrogens (tertiary/aromatic N) is 3. The van der Waals surface area contributed by atoms with Crippen LogP contribution < -0.4 is 10.2 Å². The van der Waals surface area contributed by atoms with Crippen LogP contribution in [-0.2, 0) is 0 Å². The van der Waals surface area contributed by atoms with E-state index in [9.17, 15) is 0 Å². The molecule has 1 aromatic heterocycles. The highest BCUT2D eigenvalue weighted by Crippen LogP contribution is 2.47. The van der Waals surface area contributed by atoms with Crippen LogP contribution in [0.4, 0.5) is 11.8 Å². The second-order valence-electron chi connectivity index (χ2n) is 6.61. The largest absolute Gasteiger partial charge is 0.352 e. The molecular formula is C18H22N4. The molecule has 3 heterocycles. The minimum absolute atomic E-state index is 0.341. The topological polar surface area (TPSA) is 41.1 Å². The van der Waals surface area contributed by atoms with E-state index in [0.29, 0.717) is 18.0 Å². The summed E-state index contributed by atoms with van der Waals surface area (Å²) in [5, 5.41) is 3.30. The molecule has 0 radical (unpaired) electrons. The zero-order chi connectivity index (χ0) is 15.1. The van der Waals surface area contributed by atoms with E-state index < -0.39 is 0 Å². The maximum absolute atomic E-state index is 4.73. The fourth-order valence-electron chi connectivity index (χ4n) is 3.82. The molecule has 5 rings (SSSR count). The fraction of sp³-hybridized carbons (Fsp3) is 0.444. The van der Waals surface area contributed by atoms with E-state index in [1.807, 2.05) is 12.3 Å². The smallest absolute Gasteiger partial charge is 0.224 e. The van der Waals surface area contributed by atoms with Gasteiger partial charge in [-0.3, -0.25) is 0 Å². The molecule has 2 aromatic rings. The van der Waals surface area contributed by atoms with Crippen molar-refractivity contribution in [1.29, 1.82) is 0 Å². The first-order valence-electron chi connectivity index (χ1n) is 8.17. The van der Waals surface area contributed by atoms with Crippen LogP contribution in [0.25, 0.3) is 0 Å². The van der Waals surface area contributed by atoms with Crippen molar-refractivity contribution in [2.75, 3.05) is 16.8 Å². The van der Waals surface area contributed by atoms with Crippen LogP contribution in [0.15, 0.2) is 36.5 Å². The maximum Gasteiger partial charge on any atom is 0.224 e. The van der Waals surface area contributed by atoms with Gasteiger partial charge in [-0.1, -0.05) is 24.3 Å². The van der Waals surface area contributed by atoms with E-state index in [1.54, 1.807) is 5.56 Å². The first-order chi connectivity index (χ1) is 10.7. The molecule has 0 spiro atoms. The number of nitrogens with one attached hydrogen (secondary N) is 1. The molecule has 0 unspecified atom stereocenters. The third-order valence-corrected chi connectivity index (χ3v) is 4.73. The van der Waals surface area contributed by atoms with Crippen molar-refractivity contribution in [2.24, 2.45) is 0 Å². The van der Waals surface area contributed by atoms with E-state index >= 15 is 0 Å². The van der Waals surface area contributed by atoms with Gasteiger partial charge in [-0.15, -0.1) is 0 Å². The lowest BCUT2D eigenvalue weighted by atomic mass is 9.75. The second kappa shape index (κ2) is 5.27. The van der Waals surface area contributed by atoms with Crippen molar-refractivity contribution in [2.45, 2.75) is 44.7 Å². The molecule has 1 aliphatic carbocycles. The number of fused-ring (bicyclic) bond motifs is 2. The summed E-state index contributed by atoms with van der Waals surface area (Å²) in [4.78, 5) is 11.5. The standard InChI is InChI=1S/C18H22N4/c1-12(2)20-18-19-10-9-17(21-18)22-11-13-7-8-16(22)15-6-4-3-5-14(13)15/h3-6,9-10,12-13,16H,7-8,11H2,1-2H3,(H,19,20,21)/t13-,16+/m1/s1. The molecule has 0 amide bonds. The quantitative estimate of drug-likeness (QED) is 0.936. The van der Waals surface area contributed by atoms with Crippen LogP contribution >= 0.6 is 0 Å². The molecule has 22 heavy (non-hydrogen) atoms. The normalized spacial score (nSPS) is 22.8. The van der Waals surface area contributed by atoms with Gasteiger partial charge in [0.15, 0.2) is 0 Å². The summed E-state index contributed by atoms with van der Waals surface area (Å²) in [5.74, 6) is 2.40. The second-order valence-corrected chi connectivity index (χ2v) is 6.61. The molecule has 0 saturated carbocycles. The van der Waals surface area contributed by atoms with Crippen molar-refractivity contribution in [3.8, 4) is 0 Å². The molecule has 1 saturated heterocycles. The van der Waals surface area contributed by atoms with E-state index in [-0.39, 0.29) is 0 Å². The summed E-state index contributed by atoms with van der Waals surface area (Å²) in [5.41, 5.74) is 3.03. The van der Waals surface area contributed by atoms with Gasteiger partial charge in [-0.25, -0.2) is 4.98 Å². The van der Waals surface area contributed by atoms with Gasteiger partial charge in [-0.05, 0) is 43.9 Å². The Morgan fingerprint density at radius 3 is 2.77 bits per heavy atom. The number of hydrogen-bond donors (Lipinski definition) is 1. The number of aromatic nitrogens is 2. The molecule has 1 N–H and O–H groups in total. The van der Waals surface area contributed by atoms with Crippen molar-refractivity contribution in [3.63, 3.8) is 0 Å². The molecule has 1 fully saturated rings. The van der Waals surface area contributed by atoms with Gasteiger partial charge in [0.1, 0.15) is 5.82 Å². The zero-order valence-electron chi connectivity index (χ0n) is 13.2. The minimum Gasteiger partial charge on any atom is -0.352 e. The average molecular weight is 294 g/mol. The SMILES string of the molecule is CC(C)Nc1nccc(N2C[C@H]3CC[C@H]2c2ccccc23)n1. The van der Waals surface area contributed by atoms with Crippen molar-refractivity contribution in [1.82, 2.24) is 9.97 Å². The van der Waals surface area contributed by atoms with Crippen LogP contribution in [0, 0.1) is 0 Å². The van der Waals surface area contributed by atoms with E-state index in [4.69, 9.17) is 4.98 Å². The third-order valence-electron chi connectivity index (χ3n) is 4.73. The summed E-state index contributed by atoms with van der Waals surface area (Å²) in [7, 11) is 0. The van der Waals surface area contributed by atoms with Gasteiger partial charge in [0, 0.05) is 24.7 Å². The highest BCUT2D eigenvalue weighted by atomic mass is 15.3. The summed E-state index contributed by atoms with van der Waals surface area (Å²) in [6.45, 7) is 5.28. The lowest BCUT2D eigenvalue weighted by molar-refractivity contribution is 0.387. The van der Waals surface area contributed by atoms with Crippen LogP contribution in [0.5, 0.6) is 0 Å². The van der Waals surface area contributed by atoms with Crippen molar-refractivity contribution >= 4 is 11.8 Å². The highest BCUT2D eigenvalue weighted by molar-refractivity contribution is 5.52. The monoisotopic (exact) mass is 294 g/mol. The Bertz CT molecular complexity index is 682. The Balaban J connectivity index is 1.68. The summed E-state index contributed by atoms with van der Waals surface area (Å²) >= 11 is 0. The van der Waals surface area contributed by atoms with Crippen molar-refractivity contribution < 1.29 is 0 Å². The molecule has 2 bridgehead atoms. The summed E-state index contributed by atoms with van der Waals surface area (Å²) < 4.78 is 0. The molecule has 3 aliphatic rings. The average Bonchev–Trinajstić information content (AvgIpc) is 2.55. The molecule has 2 aliphatic heterocycles. The predicted octanol–water partition coefficient (Wildman–Crippen LogP) is 3.74. The van der Waals surface area contributed by atoms with E-state index in [0.717, 1.165) is 18.3 Å². The number of anilines is 2. The minimum atomic E-state index is 0.341. The molecule has 2 atom stereocenters. The van der Waals surface area contributed by atoms with Gasteiger partial charge in [0.2, 0.25) is 5.95 Å². The van der Waals surface area contributed by atoms with Crippen LogP contribution in [0.3, 0.4) is 0 Å². The zero-order valence-corrected chi connectivity index (χ0v) is 13.2.